The van der Waals surface area contributed by atoms with Gasteiger partial charge in [-0.2, -0.15) is 0 Å². The van der Waals surface area contributed by atoms with Crippen molar-refractivity contribution in [2.24, 2.45) is 16.7 Å². The van der Waals surface area contributed by atoms with E-state index in [0.29, 0.717) is 5.56 Å². The van der Waals surface area contributed by atoms with Crippen LogP contribution in [0.15, 0.2) is 102 Å². The lowest BCUT2D eigenvalue weighted by Gasteiger charge is -2.67. The van der Waals surface area contributed by atoms with E-state index >= 15 is 4.79 Å². The molecule has 2 saturated carbocycles. The van der Waals surface area contributed by atoms with Gasteiger partial charge in [-0.15, -0.1) is 0 Å². The minimum absolute atomic E-state index is 0.00289. The average molecular weight is 854 g/mol. The highest BCUT2D eigenvalue weighted by molar-refractivity contribution is 5.96. The summed E-state index contributed by atoms with van der Waals surface area (Å²) in [7, 11) is 0. The van der Waals surface area contributed by atoms with E-state index < -0.39 is 113 Å². The van der Waals surface area contributed by atoms with E-state index in [1.165, 1.54) is 26.0 Å². The molecular weight excluding hydrogens is 803 g/mol. The lowest BCUT2D eigenvalue weighted by molar-refractivity contribution is -0.346. The number of Topliss-reactive ketones (excluding diaryl/α,β-unsaturated/α-hetero) is 1. The molecule has 1 amide bonds. The molecule has 3 fully saturated rings. The second-order valence-corrected chi connectivity index (χ2v) is 17.4. The van der Waals surface area contributed by atoms with Crippen LogP contribution in [-0.2, 0) is 42.9 Å². The normalized spacial score (nSPS) is 31.9. The molecule has 7 rings (SSSR count). The fraction of sp³-hybridized carbons (Fsp3) is 0.447. The summed E-state index contributed by atoms with van der Waals surface area (Å²) in [6.07, 6.45) is -10.5. The van der Waals surface area contributed by atoms with Crippen LogP contribution in [0.3, 0.4) is 0 Å². The number of fused-ring (bicyclic) bond motifs is 5. The van der Waals surface area contributed by atoms with Gasteiger partial charge in [0.15, 0.2) is 23.6 Å². The van der Waals surface area contributed by atoms with Gasteiger partial charge < -0.3 is 44.3 Å². The highest BCUT2D eigenvalue weighted by Crippen LogP contribution is 2.64. The number of aliphatic hydroxyl groups is 3. The molecule has 0 radical (unpaired) electrons. The summed E-state index contributed by atoms with van der Waals surface area (Å²) in [5.74, 6) is -6.84. The van der Waals surface area contributed by atoms with Crippen LogP contribution in [0.25, 0.3) is 0 Å². The van der Waals surface area contributed by atoms with Gasteiger partial charge >= 0.3 is 23.9 Å². The van der Waals surface area contributed by atoms with Gasteiger partial charge in [0.25, 0.3) is 5.91 Å². The van der Waals surface area contributed by atoms with Gasteiger partial charge in [0.2, 0.25) is 0 Å². The summed E-state index contributed by atoms with van der Waals surface area (Å²) < 4.78 is 30.3. The smallest absolute Gasteiger partial charge is 0.338 e. The highest BCUT2D eigenvalue weighted by Gasteiger charge is 2.78. The zero-order valence-electron chi connectivity index (χ0n) is 35.2. The Labute approximate surface area is 358 Å². The largest absolute Gasteiger partial charge is 0.456 e. The molecule has 3 aromatic carbocycles. The first-order chi connectivity index (χ1) is 29.3. The highest BCUT2D eigenvalue weighted by atomic mass is 16.6. The third kappa shape index (κ3) is 7.29. The number of aliphatic hydroxyl groups excluding tert-OH is 2. The first-order valence-electron chi connectivity index (χ1n) is 20.5. The summed E-state index contributed by atoms with van der Waals surface area (Å²) >= 11 is 0. The molecule has 1 saturated heterocycles. The van der Waals surface area contributed by atoms with E-state index in [1.54, 1.807) is 92.7 Å². The van der Waals surface area contributed by atoms with Crippen molar-refractivity contribution in [3.63, 3.8) is 0 Å². The van der Waals surface area contributed by atoms with Gasteiger partial charge in [-0.25, -0.2) is 9.59 Å². The lowest BCUT2D eigenvalue weighted by Crippen LogP contribution is -2.82. The molecule has 1 aliphatic heterocycles. The maximum Gasteiger partial charge on any atom is 0.338 e. The average Bonchev–Trinajstić information content (AvgIpc) is 3.24. The van der Waals surface area contributed by atoms with Crippen LogP contribution < -0.4 is 5.32 Å². The lowest BCUT2D eigenvalue weighted by atomic mass is 9.44. The molecule has 15 heteroatoms. The second kappa shape index (κ2) is 16.5. The number of rotatable bonds is 10. The fourth-order valence-electron chi connectivity index (χ4n) is 10.2. The first kappa shape index (κ1) is 44.3. The maximum absolute atomic E-state index is 15.5. The molecule has 0 spiro atoms. The van der Waals surface area contributed by atoms with E-state index in [4.69, 9.17) is 23.7 Å². The number of carbonyl (C=O) groups excluding carboxylic acids is 6. The second-order valence-electron chi connectivity index (χ2n) is 17.4. The zero-order chi connectivity index (χ0) is 44.9. The molecule has 15 nitrogen and oxygen atoms in total. The van der Waals surface area contributed by atoms with Crippen LogP contribution in [0.2, 0.25) is 0 Å². The van der Waals surface area contributed by atoms with E-state index in [2.05, 4.69) is 5.32 Å². The molecule has 0 aromatic heterocycles. The summed E-state index contributed by atoms with van der Waals surface area (Å²) in [5.41, 5.74) is -7.02. The van der Waals surface area contributed by atoms with Crippen molar-refractivity contribution < 1.29 is 67.8 Å². The van der Waals surface area contributed by atoms with Crippen molar-refractivity contribution in [2.45, 2.75) is 108 Å². The molecule has 3 aromatic rings. The molecular formula is C47H51NO14. The van der Waals surface area contributed by atoms with Crippen LogP contribution in [0.1, 0.15) is 86.7 Å². The maximum atomic E-state index is 15.5. The third-order valence-corrected chi connectivity index (χ3v) is 13.5. The van der Waals surface area contributed by atoms with Crippen molar-refractivity contribution in [1.29, 1.82) is 0 Å². The molecule has 328 valence electrons. The van der Waals surface area contributed by atoms with Gasteiger partial charge in [-0.3, -0.25) is 19.2 Å². The Morgan fingerprint density at radius 1 is 0.823 bits per heavy atom. The van der Waals surface area contributed by atoms with Crippen LogP contribution >= 0.6 is 0 Å². The van der Waals surface area contributed by atoms with Gasteiger partial charge in [-0.1, -0.05) is 80.6 Å². The Morgan fingerprint density at radius 2 is 1.40 bits per heavy atom. The Balaban J connectivity index is 1.39. The van der Waals surface area contributed by atoms with Gasteiger partial charge in [0.1, 0.15) is 23.9 Å². The third-order valence-electron chi connectivity index (χ3n) is 13.5. The monoisotopic (exact) mass is 853 g/mol. The van der Waals surface area contributed by atoms with Crippen LogP contribution in [0, 0.1) is 16.7 Å². The van der Waals surface area contributed by atoms with E-state index in [9.17, 15) is 39.3 Å². The van der Waals surface area contributed by atoms with E-state index in [0.717, 1.165) is 13.8 Å². The number of amides is 1. The number of esters is 4. The molecule has 1 heterocycles. The Morgan fingerprint density at radius 3 is 1.95 bits per heavy atom. The topological polar surface area (TPSA) is 221 Å². The van der Waals surface area contributed by atoms with Gasteiger partial charge in [-0.05, 0) is 54.8 Å². The first-order valence-corrected chi connectivity index (χ1v) is 20.5. The number of ether oxygens (including phenoxy) is 5. The van der Waals surface area contributed by atoms with Crippen LogP contribution in [0.4, 0.5) is 0 Å². The number of hydrogen-bond acceptors (Lipinski definition) is 14. The predicted molar refractivity (Wildman–Crippen MR) is 218 cm³/mol. The predicted octanol–water partition coefficient (Wildman–Crippen LogP) is 3.74. The molecule has 8 unspecified atom stereocenters. The minimum atomic E-state index is -2.39. The Kier molecular flexibility index (Phi) is 11.8. The Hall–Kier alpha value is -5.74. The Bertz CT molecular complexity index is 2280. The van der Waals surface area contributed by atoms with E-state index in [-0.39, 0.29) is 35.3 Å². The van der Waals surface area contributed by atoms with Crippen molar-refractivity contribution in [3.8, 4) is 0 Å². The van der Waals surface area contributed by atoms with Gasteiger partial charge in [0.05, 0.1) is 35.6 Å². The quantitative estimate of drug-likeness (QED) is 0.130. The number of hydrogen-bond donors (Lipinski definition) is 4. The molecule has 3 aliphatic carbocycles. The summed E-state index contributed by atoms with van der Waals surface area (Å²) in [5, 5.41) is 40.2. The number of ketones is 1. The zero-order valence-corrected chi connectivity index (χ0v) is 35.2. The van der Waals surface area contributed by atoms with Crippen molar-refractivity contribution in [1.82, 2.24) is 5.32 Å². The van der Waals surface area contributed by atoms with Crippen LogP contribution in [-0.4, -0.2) is 105 Å². The molecule has 4 N–H and O–H groups in total. The van der Waals surface area contributed by atoms with Crippen LogP contribution in [0.5, 0.6) is 0 Å². The summed E-state index contributed by atoms with van der Waals surface area (Å²) in [6, 6.07) is 22.9. The number of nitrogens with one attached hydrogen (secondary N) is 1. The van der Waals surface area contributed by atoms with Crippen molar-refractivity contribution in [2.75, 3.05) is 6.61 Å². The summed E-state index contributed by atoms with van der Waals surface area (Å²) in [6.45, 7) is 7.97. The standard InChI is InChI=1S/C47H51NO14/c1-25-31(60-43(56)36(52)35(28-16-10-7-11-17-28)48-41(54)29-18-12-8-13-19-29)23-47(57)40(61-42(55)30-20-14-9-15-21-30)38-45(6,32(51)22-33-46(38,24-58-33)62-27(3)50)39(53)37(59-26(2)49)34(25)44(47,4)5/h7-21,31-33,35-38,40,51-52,57H,22-24H2,1-6H3,(H,48,54)/t31?,32?,33?,35?,36?,37?,38?,40?,45-,46+,47+/m0/s1. The molecule has 4 aliphatic rings. The molecule has 2 bridgehead atoms. The minimum Gasteiger partial charge on any atom is -0.456 e. The van der Waals surface area contributed by atoms with Crippen molar-refractivity contribution in [3.05, 3.63) is 119 Å². The summed E-state index contributed by atoms with van der Waals surface area (Å²) in [4.78, 5) is 83.5. The van der Waals surface area contributed by atoms with Gasteiger partial charge in [0, 0.05) is 37.7 Å². The SMILES string of the molecule is CC(=O)OC1C(=O)[C@@]2(C)C(O)CC3OC[C@]3(OC(C)=O)C2C(OC(=O)c2ccccc2)[C@]2(O)CC(OC(=O)C(O)C(NC(=O)c3ccccc3)c3ccccc3)C(C)=C1C2(C)C. The number of carbonyl (C=O) groups is 6. The molecule has 11 atom stereocenters. The molecule has 62 heavy (non-hydrogen) atoms. The van der Waals surface area contributed by atoms with E-state index in [1.807, 2.05) is 0 Å². The fourth-order valence-corrected chi connectivity index (χ4v) is 10.2. The van der Waals surface area contributed by atoms with Crippen molar-refractivity contribution >= 4 is 35.6 Å². The number of benzene rings is 3.